The van der Waals surface area contributed by atoms with Crippen LogP contribution in [0.2, 0.25) is 0 Å². The smallest absolute Gasteiger partial charge is 0.317 e. The van der Waals surface area contributed by atoms with Crippen LogP contribution in [0.15, 0.2) is 6.33 Å². The molecule has 7 nitrogen and oxygen atoms in total. The first-order chi connectivity index (χ1) is 10.9. The summed E-state index contributed by atoms with van der Waals surface area (Å²) < 4.78 is 2.01. The van der Waals surface area contributed by atoms with E-state index in [9.17, 15) is 4.79 Å². The van der Waals surface area contributed by atoms with Gasteiger partial charge in [-0.3, -0.25) is 4.90 Å². The lowest BCUT2D eigenvalue weighted by Gasteiger charge is -2.40. The average molecular weight is 320 g/mol. The first-order valence-corrected chi connectivity index (χ1v) is 8.61. The lowest BCUT2D eigenvalue weighted by Crippen LogP contribution is -2.54. The fourth-order valence-electron chi connectivity index (χ4n) is 3.52. The van der Waals surface area contributed by atoms with Crippen LogP contribution >= 0.6 is 0 Å². The highest BCUT2D eigenvalue weighted by molar-refractivity contribution is 5.75. The van der Waals surface area contributed by atoms with Crippen LogP contribution in [0.1, 0.15) is 45.9 Å². The van der Waals surface area contributed by atoms with Crippen LogP contribution in [0.25, 0.3) is 0 Å². The number of hydrogen-bond acceptors (Lipinski definition) is 4. The number of amides is 2. The van der Waals surface area contributed by atoms with E-state index in [1.54, 1.807) is 6.33 Å². The van der Waals surface area contributed by atoms with Gasteiger partial charge < -0.3 is 10.2 Å². The van der Waals surface area contributed by atoms with Gasteiger partial charge in [0.2, 0.25) is 0 Å². The van der Waals surface area contributed by atoms with E-state index < -0.39 is 0 Å². The van der Waals surface area contributed by atoms with Crippen LogP contribution in [0, 0.1) is 0 Å². The molecule has 0 atom stereocenters. The highest BCUT2D eigenvalue weighted by atomic mass is 16.2. The summed E-state index contributed by atoms with van der Waals surface area (Å²) >= 11 is 0. The zero-order valence-electron chi connectivity index (χ0n) is 14.5. The molecule has 0 saturated carbocycles. The molecule has 7 heteroatoms. The molecule has 1 N–H and O–H groups in total. The van der Waals surface area contributed by atoms with Crippen molar-refractivity contribution >= 4 is 6.03 Å². The molecule has 2 saturated heterocycles. The third-order valence-corrected chi connectivity index (χ3v) is 4.73. The van der Waals surface area contributed by atoms with Gasteiger partial charge in [-0.25, -0.2) is 14.5 Å². The normalized spacial score (nSPS) is 21.5. The summed E-state index contributed by atoms with van der Waals surface area (Å²) in [6, 6.07) is 0.495. The number of carbonyl (C=O) groups excluding carboxylic acids is 1. The Bertz CT molecular complexity index is 541. The number of hydrogen-bond donors (Lipinski definition) is 1. The van der Waals surface area contributed by atoms with Gasteiger partial charge in [0.15, 0.2) is 0 Å². The molecule has 23 heavy (non-hydrogen) atoms. The monoisotopic (exact) mass is 320 g/mol. The van der Waals surface area contributed by atoms with E-state index in [4.69, 9.17) is 0 Å². The summed E-state index contributed by atoms with van der Waals surface area (Å²) in [5.74, 6) is 1.02. The lowest BCUT2D eigenvalue weighted by atomic mass is 10.0. The van der Waals surface area contributed by atoms with E-state index in [1.807, 2.05) is 9.58 Å². The first-order valence-electron chi connectivity index (χ1n) is 8.61. The summed E-state index contributed by atoms with van der Waals surface area (Å²) in [7, 11) is 0. The SMILES string of the molecule is CC(C)(C)n1ncnc1CN1CCC(N2CCCNC2=O)CC1. The van der Waals surface area contributed by atoms with Crippen molar-refractivity contribution in [1.82, 2.24) is 29.9 Å². The van der Waals surface area contributed by atoms with E-state index in [0.29, 0.717) is 6.04 Å². The van der Waals surface area contributed by atoms with Gasteiger partial charge in [-0.15, -0.1) is 0 Å². The molecular weight excluding hydrogens is 292 g/mol. The third-order valence-electron chi connectivity index (χ3n) is 4.73. The Balaban J connectivity index is 1.55. The molecule has 3 heterocycles. The molecule has 2 amide bonds. The van der Waals surface area contributed by atoms with Crippen LogP contribution in [-0.4, -0.2) is 62.8 Å². The van der Waals surface area contributed by atoms with Crippen LogP contribution in [0.3, 0.4) is 0 Å². The second kappa shape index (κ2) is 6.47. The summed E-state index contributed by atoms with van der Waals surface area (Å²) in [5.41, 5.74) is -0.0456. The number of aromatic nitrogens is 3. The summed E-state index contributed by atoms with van der Waals surface area (Å²) in [6.07, 6.45) is 4.78. The third kappa shape index (κ3) is 3.65. The molecule has 2 aliphatic heterocycles. The van der Waals surface area contributed by atoms with Crippen LogP contribution in [0.5, 0.6) is 0 Å². The summed E-state index contributed by atoms with van der Waals surface area (Å²) in [4.78, 5) is 20.8. The summed E-state index contributed by atoms with van der Waals surface area (Å²) in [5, 5.41) is 7.32. The lowest BCUT2D eigenvalue weighted by molar-refractivity contribution is 0.106. The standard InChI is InChI=1S/C16H28N6O/c1-16(2,3)22-14(18-12-19-22)11-20-9-5-13(6-10-20)21-8-4-7-17-15(21)23/h12-13H,4-11H2,1-3H3,(H,17,23). The Morgan fingerprint density at radius 1 is 1.26 bits per heavy atom. The van der Waals surface area contributed by atoms with E-state index in [0.717, 1.165) is 57.8 Å². The Morgan fingerprint density at radius 2 is 2.00 bits per heavy atom. The van der Waals surface area contributed by atoms with Crippen molar-refractivity contribution in [2.24, 2.45) is 0 Å². The molecular formula is C16H28N6O. The van der Waals surface area contributed by atoms with Crippen molar-refractivity contribution in [3.63, 3.8) is 0 Å². The molecule has 128 valence electrons. The number of likely N-dealkylation sites (tertiary alicyclic amines) is 1. The molecule has 0 spiro atoms. The van der Waals surface area contributed by atoms with Gasteiger partial charge in [0.1, 0.15) is 12.2 Å². The Kier molecular flexibility index (Phi) is 4.57. The van der Waals surface area contributed by atoms with Crippen molar-refractivity contribution in [2.45, 2.75) is 58.2 Å². The molecule has 2 aliphatic rings. The van der Waals surface area contributed by atoms with Crippen LogP contribution < -0.4 is 5.32 Å². The maximum Gasteiger partial charge on any atom is 0.317 e. The van der Waals surface area contributed by atoms with Crippen molar-refractivity contribution in [1.29, 1.82) is 0 Å². The quantitative estimate of drug-likeness (QED) is 0.914. The minimum Gasteiger partial charge on any atom is -0.338 e. The van der Waals surface area contributed by atoms with Crippen LogP contribution in [0.4, 0.5) is 4.79 Å². The van der Waals surface area contributed by atoms with Gasteiger partial charge in [-0.2, -0.15) is 5.10 Å². The van der Waals surface area contributed by atoms with Gasteiger partial charge in [0.25, 0.3) is 0 Å². The van der Waals surface area contributed by atoms with Crippen molar-refractivity contribution in [3.05, 3.63) is 12.2 Å². The fourth-order valence-corrected chi connectivity index (χ4v) is 3.52. The maximum atomic E-state index is 12.0. The number of piperidine rings is 1. The minimum atomic E-state index is -0.0456. The van der Waals surface area contributed by atoms with Crippen molar-refractivity contribution in [2.75, 3.05) is 26.2 Å². The topological polar surface area (TPSA) is 66.3 Å². The molecule has 3 rings (SSSR count). The second-order valence-corrected chi connectivity index (χ2v) is 7.55. The highest BCUT2D eigenvalue weighted by Crippen LogP contribution is 2.21. The Morgan fingerprint density at radius 3 is 2.65 bits per heavy atom. The van der Waals surface area contributed by atoms with Crippen LogP contribution in [-0.2, 0) is 12.1 Å². The van der Waals surface area contributed by atoms with E-state index in [1.165, 1.54) is 0 Å². The molecule has 0 unspecified atom stereocenters. The number of nitrogens with one attached hydrogen (secondary N) is 1. The molecule has 2 fully saturated rings. The molecule has 0 aliphatic carbocycles. The van der Waals surface area contributed by atoms with Gasteiger partial charge in [0, 0.05) is 32.2 Å². The van der Waals surface area contributed by atoms with Gasteiger partial charge >= 0.3 is 6.03 Å². The second-order valence-electron chi connectivity index (χ2n) is 7.55. The minimum absolute atomic E-state index is 0.0456. The molecule has 1 aromatic heterocycles. The van der Waals surface area contributed by atoms with Gasteiger partial charge in [-0.05, 0) is 40.0 Å². The molecule has 0 radical (unpaired) electrons. The van der Waals surface area contributed by atoms with E-state index in [-0.39, 0.29) is 11.6 Å². The van der Waals surface area contributed by atoms with E-state index in [2.05, 4.69) is 41.1 Å². The van der Waals surface area contributed by atoms with Gasteiger partial charge in [-0.1, -0.05) is 0 Å². The number of urea groups is 1. The van der Waals surface area contributed by atoms with Crippen molar-refractivity contribution in [3.8, 4) is 0 Å². The predicted molar refractivity (Wildman–Crippen MR) is 88.0 cm³/mol. The Hall–Kier alpha value is -1.63. The largest absolute Gasteiger partial charge is 0.338 e. The number of rotatable bonds is 3. The summed E-state index contributed by atoms with van der Waals surface area (Å²) in [6.45, 7) is 11.0. The average Bonchev–Trinajstić information content (AvgIpc) is 2.97. The predicted octanol–water partition coefficient (Wildman–Crippen LogP) is 1.41. The maximum absolute atomic E-state index is 12.0. The highest BCUT2D eigenvalue weighted by Gasteiger charge is 2.30. The zero-order valence-corrected chi connectivity index (χ0v) is 14.5. The molecule has 1 aromatic rings. The fraction of sp³-hybridized carbons (Fsp3) is 0.812. The van der Waals surface area contributed by atoms with Crippen molar-refractivity contribution < 1.29 is 4.79 Å². The zero-order chi connectivity index (χ0) is 16.4. The van der Waals surface area contributed by atoms with Gasteiger partial charge in [0.05, 0.1) is 12.1 Å². The van der Waals surface area contributed by atoms with E-state index >= 15 is 0 Å². The number of nitrogens with zero attached hydrogens (tertiary/aromatic N) is 5. The first kappa shape index (κ1) is 16.2. The Labute approximate surface area is 138 Å². The number of carbonyl (C=O) groups is 1. The molecule has 0 bridgehead atoms. The molecule has 0 aromatic carbocycles.